The molecule has 0 radical (unpaired) electrons. The van der Waals surface area contributed by atoms with E-state index in [9.17, 15) is 4.79 Å². The summed E-state index contributed by atoms with van der Waals surface area (Å²) in [7, 11) is 0. The van der Waals surface area contributed by atoms with Gasteiger partial charge in [-0.3, -0.25) is 4.79 Å². The normalized spacial score (nSPS) is 11.3. The van der Waals surface area contributed by atoms with Gasteiger partial charge in [-0.1, -0.05) is 52.3 Å². The molecular formula is C29H22Br2N2O4. The van der Waals surface area contributed by atoms with E-state index in [0.29, 0.717) is 30.3 Å². The fourth-order valence-corrected chi connectivity index (χ4v) is 4.85. The molecule has 0 bridgehead atoms. The van der Waals surface area contributed by atoms with Crippen molar-refractivity contribution in [1.82, 2.24) is 5.43 Å². The lowest BCUT2D eigenvalue weighted by molar-refractivity contribution is 0.0929. The lowest BCUT2D eigenvalue weighted by atomic mass is 10.1. The van der Waals surface area contributed by atoms with Crippen LogP contribution in [0, 0.1) is 0 Å². The molecule has 6 nitrogen and oxygen atoms in total. The second kappa shape index (κ2) is 11.2. The van der Waals surface area contributed by atoms with Crippen molar-refractivity contribution in [2.24, 2.45) is 5.10 Å². The number of halogens is 2. The van der Waals surface area contributed by atoms with Crippen LogP contribution in [-0.4, -0.2) is 18.7 Å². The Morgan fingerprint density at radius 2 is 1.78 bits per heavy atom. The van der Waals surface area contributed by atoms with Gasteiger partial charge in [0.25, 0.3) is 0 Å². The summed E-state index contributed by atoms with van der Waals surface area (Å²) >= 11 is 7.01. The van der Waals surface area contributed by atoms with Gasteiger partial charge in [-0.15, -0.1) is 0 Å². The summed E-state index contributed by atoms with van der Waals surface area (Å²) in [6.45, 7) is 2.77. The van der Waals surface area contributed by atoms with E-state index in [-0.39, 0.29) is 5.76 Å². The van der Waals surface area contributed by atoms with Crippen LogP contribution in [0.3, 0.4) is 0 Å². The first-order chi connectivity index (χ1) is 18.0. The Bertz CT molecular complexity index is 1630. The molecule has 1 heterocycles. The summed E-state index contributed by atoms with van der Waals surface area (Å²) in [6.07, 6.45) is 1.54. The van der Waals surface area contributed by atoms with Crippen molar-refractivity contribution in [3.63, 3.8) is 0 Å². The molecule has 0 saturated carbocycles. The maximum Gasteiger partial charge on any atom is 0.307 e. The van der Waals surface area contributed by atoms with Crippen LogP contribution in [0.5, 0.6) is 11.5 Å². The molecule has 37 heavy (non-hydrogen) atoms. The third-order valence-electron chi connectivity index (χ3n) is 5.61. The molecule has 1 amide bonds. The van der Waals surface area contributed by atoms with Crippen LogP contribution >= 0.6 is 31.9 Å². The molecular weight excluding hydrogens is 600 g/mol. The van der Waals surface area contributed by atoms with Crippen molar-refractivity contribution >= 4 is 65.7 Å². The van der Waals surface area contributed by atoms with Gasteiger partial charge in [-0.25, -0.2) is 5.43 Å². The number of hydrogen-bond donors (Lipinski definition) is 1. The lowest BCUT2D eigenvalue weighted by Crippen LogP contribution is -2.16. The van der Waals surface area contributed by atoms with Gasteiger partial charge in [0.2, 0.25) is 0 Å². The van der Waals surface area contributed by atoms with Crippen LogP contribution in [0.1, 0.15) is 28.6 Å². The largest absolute Gasteiger partial charge is 0.490 e. The number of ether oxygens (including phenoxy) is 2. The summed E-state index contributed by atoms with van der Waals surface area (Å²) < 4.78 is 19.2. The average molecular weight is 622 g/mol. The highest BCUT2D eigenvalue weighted by atomic mass is 79.9. The van der Waals surface area contributed by atoms with Crippen LogP contribution in [0.2, 0.25) is 0 Å². The van der Waals surface area contributed by atoms with Crippen LogP contribution in [-0.2, 0) is 6.61 Å². The number of carbonyl (C=O) groups is 1. The van der Waals surface area contributed by atoms with Gasteiger partial charge < -0.3 is 13.9 Å². The van der Waals surface area contributed by atoms with Crippen molar-refractivity contribution in [3.8, 4) is 11.5 Å². The van der Waals surface area contributed by atoms with Gasteiger partial charge in [0.15, 0.2) is 17.3 Å². The van der Waals surface area contributed by atoms with Crippen LogP contribution in [0.15, 0.2) is 97.3 Å². The molecule has 8 heteroatoms. The average Bonchev–Trinajstić information content (AvgIpc) is 3.32. The highest BCUT2D eigenvalue weighted by molar-refractivity contribution is 9.10. The zero-order valence-electron chi connectivity index (χ0n) is 19.8. The van der Waals surface area contributed by atoms with Gasteiger partial charge in [-0.05, 0) is 87.2 Å². The third kappa shape index (κ3) is 5.87. The Morgan fingerprint density at radius 1 is 0.946 bits per heavy atom. The fourth-order valence-electron chi connectivity index (χ4n) is 3.90. The fraction of sp³-hybridized carbons (Fsp3) is 0.103. The number of furan rings is 1. The number of rotatable bonds is 8. The molecule has 0 spiro atoms. The molecule has 0 saturated heterocycles. The first kappa shape index (κ1) is 25.0. The van der Waals surface area contributed by atoms with Crippen molar-refractivity contribution < 1.29 is 18.7 Å². The first-order valence-electron chi connectivity index (χ1n) is 11.6. The van der Waals surface area contributed by atoms with E-state index in [0.717, 1.165) is 30.8 Å². The number of hydrazone groups is 1. The topological polar surface area (TPSA) is 73.1 Å². The van der Waals surface area contributed by atoms with Crippen molar-refractivity contribution in [2.75, 3.05) is 6.61 Å². The second-order valence-corrected chi connectivity index (χ2v) is 10.00. The summed E-state index contributed by atoms with van der Waals surface area (Å²) in [5.74, 6) is 0.916. The number of nitrogens with one attached hydrogen (secondary N) is 1. The van der Waals surface area contributed by atoms with Crippen molar-refractivity contribution in [2.45, 2.75) is 13.5 Å². The van der Waals surface area contributed by atoms with E-state index in [1.165, 1.54) is 11.6 Å². The monoisotopic (exact) mass is 620 g/mol. The molecule has 4 aromatic carbocycles. The SMILES string of the molecule is CCOc1cc(/C=N/NC(=O)c2cc3cc(Br)ccc3o2)cc(Br)c1OCc1ccc2ccccc2c1. The minimum absolute atomic E-state index is 0.180. The number of benzene rings is 4. The minimum Gasteiger partial charge on any atom is -0.490 e. The van der Waals surface area contributed by atoms with Gasteiger partial charge in [0.1, 0.15) is 12.2 Å². The summed E-state index contributed by atoms with van der Waals surface area (Å²) in [6, 6.07) is 25.4. The smallest absolute Gasteiger partial charge is 0.307 e. The Balaban J connectivity index is 1.29. The minimum atomic E-state index is -0.442. The van der Waals surface area contributed by atoms with E-state index in [1.54, 1.807) is 12.1 Å². The molecule has 5 aromatic rings. The number of amides is 1. The predicted octanol–water partition coefficient (Wildman–Crippen LogP) is 7.85. The quantitative estimate of drug-likeness (QED) is 0.141. The summed E-state index contributed by atoms with van der Waals surface area (Å²) in [4.78, 5) is 12.5. The van der Waals surface area contributed by atoms with E-state index in [4.69, 9.17) is 13.9 Å². The molecule has 186 valence electrons. The summed E-state index contributed by atoms with van der Waals surface area (Å²) in [5, 5.41) is 7.27. The molecule has 0 aliphatic carbocycles. The van der Waals surface area contributed by atoms with E-state index in [1.807, 2.05) is 43.3 Å². The highest BCUT2D eigenvalue weighted by Gasteiger charge is 2.14. The van der Waals surface area contributed by atoms with E-state index in [2.05, 4.69) is 72.7 Å². The first-order valence-corrected chi connectivity index (χ1v) is 13.2. The molecule has 0 aliphatic rings. The second-order valence-electron chi connectivity index (χ2n) is 8.23. The molecule has 0 unspecified atom stereocenters. The van der Waals surface area contributed by atoms with Gasteiger partial charge in [-0.2, -0.15) is 5.10 Å². The predicted molar refractivity (Wildman–Crippen MR) is 153 cm³/mol. The van der Waals surface area contributed by atoms with Crippen LogP contribution in [0.25, 0.3) is 21.7 Å². The molecule has 0 fully saturated rings. The van der Waals surface area contributed by atoms with Crippen LogP contribution < -0.4 is 14.9 Å². The van der Waals surface area contributed by atoms with E-state index >= 15 is 0 Å². The Hall–Kier alpha value is -3.62. The van der Waals surface area contributed by atoms with Gasteiger partial charge in [0, 0.05) is 9.86 Å². The molecule has 0 atom stereocenters. The number of fused-ring (bicyclic) bond motifs is 2. The van der Waals surface area contributed by atoms with Gasteiger partial charge in [0.05, 0.1) is 17.3 Å². The maximum atomic E-state index is 12.5. The van der Waals surface area contributed by atoms with E-state index < -0.39 is 5.91 Å². The zero-order chi connectivity index (χ0) is 25.8. The number of hydrogen-bond acceptors (Lipinski definition) is 5. The van der Waals surface area contributed by atoms with Crippen molar-refractivity contribution in [1.29, 1.82) is 0 Å². The standard InChI is InChI=1S/C29H22Br2N2O4/c1-2-35-26-13-19(16-32-33-29(34)27-15-22-14-23(30)9-10-25(22)37-27)12-24(31)28(26)36-17-18-7-8-20-5-3-4-6-21(20)11-18/h3-16H,2,17H2,1H3,(H,33,34)/b32-16+. The Kier molecular flexibility index (Phi) is 7.58. The zero-order valence-corrected chi connectivity index (χ0v) is 23.0. The Labute approximate surface area is 230 Å². The van der Waals surface area contributed by atoms with Gasteiger partial charge >= 0.3 is 5.91 Å². The molecule has 5 rings (SSSR count). The number of nitrogens with zero attached hydrogens (tertiary/aromatic N) is 1. The van der Waals surface area contributed by atoms with Crippen LogP contribution in [0.4, 0.5) is 0 Å². The third-order valence-corrected chi connectivity index (χ3v) is 6.69. The number of carbonyl (C=O) groups excluding carboxylic acids is 1. The molecule has 1 N–H and O–H groups in total. The maximum absolute atomic E-state index is 12.5. The summed E-state index contributed by atoms with van der Waals surface area (Å²) in [5.41, 5.74) is 4.91. The highest BCUT2D eigenvalue weighted by Crippen LogP contribution is 2.37. The molecule has 0 aliphatic heterocycles. The Morgan fingerprint density at radius 3 is 2.62 bits per heavy atom. The molecule has 1 aromatic heterocycles. The lowest BCUT2D eigenvalue weighted by Gasteiger charge is -2.15. The van der Waals surface area contributed by atoms with Crippen molar-refractivity contribution in [3.05, 3.63) is 105 Å².